The molecule has 5 N–H and O–H groups in total. The van der Waals surface area contributed by atoms with Crippen LogP contribution < -0.4 is 5.32 Å². The van der Waals surface area contributed by atoms with Crippen LogP contribution >= 0.6 is 0 Å². The number of rotatable bonds is 3. The number of nitrogens with one attached hydrogen (secondary N) is 1. The molecular formula is C14H11NO6. The first-order valence-corrected chi connectivity index (χ1v) is 5.78. The molecule has 0 saturated carbocycles. The van der Waals surface area contributed by atoms with Crippen LogP contribution in [0.4, 0.5) is 5.69 Å². The van der Waals surface area contributed by atoms with E-state index in [0.717, 1.165) is 12.1 Å². The molecule has 0 spiro atoms. The Balaban J connectivity index is 2.34. The number of carboxylic acid groups (broad SMARTS) is 1. The summed E-state index contributed by atoms with van der Waals surface area (Å²) >= 11 is 0. The molecule has 21 heavy (non-hydrogen) atoms. The van der Waals surface area contributed by atoms with E-state index in [-0.39, 0.29) is 28.3 Å². The van der Waals surface area contributed by atoms with Gasteiger partial charge in [0.2, 0.25) is 0 Å². The summed E-state index contributed by atoms with van der Waals surface area (Å²) in [7, 11) is 0. The Morgan fingerprint density at radius 1 is 0.857 bits per heavy atom. The number of hydrogen-bond donors (Lipinski definition) is 5. The predicted molar refractivity (Wildman–Crippen MR) is 72.8 cm³/mol. The lowest BCUT2D eigenvalue weighted by Gasteiger charge is -2.10. The van der Waals surface area contributed by atoms with Crippen LogP contribution in [0, 0.1) is 0 Å². The lowest BCUT2D eigenvalue weighted by atomic mass is 10.1. The molecular weight excluding hydrogens is 278 g/mol. The number of amides is 1. The van der Waals surface area contributed by atoms with Gasteiger partial charge in [0, 0.05) is 6.07 Å². The van der Waals surface area contributed by atoms with E-state index in [1.54, 1.807) is 0 Å². The average Bonchev–Trinajstić information content (AvgIpc) is 2.40. The molecule has 0 aliphatic carbocycles. The molecule has 1 amide bonds. The maximum absolute atomic E-state index is 12.0. The van der Waals surface area contributed by atoms with Gasteiger partial charge < -0.3 is 25.7 Å². The molecule has 0 atom stereocenters. The first kappa shape index (κ1) is 14.2. The number of phenols is 3. The largest absolute Gasteiger partial charge is 0.508 e. The number of anilines is 1. The van der Waals surface area contributed by atoms with Gasteiger partial charge in [-0.2, -0.15) is 0 Å². The fourth-order valence-corrected chi connectivity index (χ4v) is 1.72. The number of carboxylic acids is 1. The molecule has 0 aliphatic heterocycles. The van der Waals surface area contributed by atoms with Crippen LogP contribution in [0.15, 0.2) is 36.4 Å². The zero-order valence-electron chi connectivity index (χ0n) is 10.6. The molecule has 0 bridgehead atoms. The second-order valence-corrected chi connectivity index (χ2v) is 4.19. The van der Waals surface area contributed by atoms with Crippen molar-refractivity contribution in [1.29, 1.82) is 0 Å². The number of carbonyl (C=O) groups is 2. The van der Waals surface area contributed by atoms with E-state index >= 15 is 0 Å². The summed E-state index contributed by atoms with van der Waals surface area (Å²) in [6.45, 7) is 0. The summed E-state index contributed by atoms with van der Waals surface area (Å²) in [5.74, 6) is -2.97. The standard InChI is InChI=1S/C14H11NO6/c16-7-2-4-11(10(5-7)14(20)21)15-13(19)9-3-1-8(17)6-12(9)18/h1-6,16-18H,(H,15,19)(H,20,21). The summed E-state index contributed by atoms with van der Waals surface area (Å²) < 4.78 is 0. The third-order valence-electron chi connectivity index (χ3n) is 2.71. The van der Waals surface area contributed by atoms with Gasteiger partial charge in [0.1, 0.15) is 17.2 Å². The minimum atomic E-state index is -1.32. The molecule has 0 aliphatic rings. The number of aromatic hydroxyl groups is 3. The van der Waals surface area contributed by atoms with Crippen molar-refractivity contribution >= 4 is 17.6 Å². The highest BCUT2D eigenvalue weighted by Crippen LogP contribution is 2.25. The van der Waals surface area contributed by atoms with Gasteiger partial charge in [0.05, 0.1) is 16.8 Å². The molecule has 7 heteroatoms. The highest BCUT2D eigenvalue weighted by Gasteiger charge is 2.16. The third kappa shape index (κ3) is 3.03. The van der Waals surface area contributed by atoms with Crippen LogP contribution in [-0.2, 0) is 0 Å². The molecule has 0 aromatic heterocycles. The lowest BCUT2D eigenvalue weighted by Crippen LogP contribution is -2.14. The fraction of sp³-hybridized carbons (Fsp3) is 0. The Labute approximate surface area is 118 Å². The molecule has 2 aromatic carbocycles. The van der Waals surface area contributed by atoms with E-state index < -0.39 is 17.6 Å². The van der Waals surface area contributed by atoms with Crippen LogP contribution in [-0.4, -0.2) is 32.3 Å². The van der Waals surface area contributed by atoms with Crippen molar-refractivity contribution in [2.45, 2.75) is 0 Å². The van der Waals surface area contributed by atoms with Crippen molar-refractivity contribution in [1.82, 2.24) is 0 Å². The molecule has 2 aromatic rings. The Kier molecular flexibility index (Phi) is 3.66. The minimum absolute atomic E-state index is 0.0298. The van der Waals surface area contributed by atoms with Crippen LogP contribution in [0.25, 0.3) is 0 Å². The SMILES string of the molecule is O=C(Nc1ccc(O)cc1C(=O)O)c1ccc(O)cc1O. The van der Waals surface area contributed by atoms with Gasteiger partial charge in [0.25, 0.3) is 5.91 Å². The molecule has 7 nitrogen and oxygen atoms in total. The highest BCUT2D eigenvalue weighted by molar-refractivity contribution is 6.09. The summed E-state index contributed by atoms with van der Waals surface area (Å²) in [6, 6.07) is 6.84. The van der Waals surface area contributed by atoms with Gasteiger partial charge >= 0.3 is 5.97 Å². The van der Waals surface area contributed by atoms with Crippen molar-refractivity contribution in [3.63, 3.8) is 0 Å². The number of aromatic carboxylic acids is 1. The van der Waals surface area contributed by atoms with Gasteiger partial charge in [-0.25, -0.2) is 4.79 Å². The molecule has 0 saturated heterocycles. The van der Waals surface area contributed by atoms with E-state index in [1.807, 2.05) is 0 Å². The second kappa shape index (κ2) is 5.41. The second-order valence-electron chi connectivity index (χ2n) is 4.19. The van der Waals surface area contributed by atoms with Crippen molar-refractivity contribution < 1.29 is 30.0 Å². The third-order valence-corrected chi connectivity index (χ3v) is 2.71. The van der Waals surface area contributed by atoms with Gasteiger partial charge in [-0.05, 0) is 30.3 Å². The first-order valence-electron chi connectivity index (χ1n) is 5.78. The summed E-state index contributed by atoms with van der Waals surface area (Å²) in [5.41, 5.74) is -0.448. The fourth-order valence-electron chi connectivity index (χ4n) is 1.72. The maximum Gasteiger partial charge on any atom is 0.337 e. The topological polar surface area (TPSA) is 127 Å². The smallest absolute Gasteiger partial charge is 0.337 e. The Bertz CT molecular complexity index is 725. The van der Waals surface area contributed by atoms with Crippen molar-refractivity contribution in [3.8, 4) is 17.2 Å². The predicted octanol–water partition coefficient (Wildman–Crippen LogP) is 1.75. The Morgan fingerprint density at radius 3 is 2.10 bits per heavy atom. The summed E-state index contributed by atoms with van der Waals surface area (Å²) in [4.78, 5) is 23.1. The van der Waals surface area contributed by atoms with Gasteiger partial charge in [-0.1, -0.05) is 0 Å². The normalized spacial score (nSPS) is 10.1. The van der Waals surface area contributed by atoms with E-state index in [9.17, 15) is 19.8 Å². The van der Waals surface area contributed by atoms with Crippen molar-refractivity contribution in [2.24, 2.45) is 0 Å². The molecule has 2 rings (SSSR count). The van der Waals surface area contributed by atoms with Gasteiger partial charge in [0.15, 0.2) is 0 Å². The highest BCUT2D eigenvalue weighted by atomic mass is 16.4. The minimum Gasteiger partial charge on any atom is -0.508 e. The average molecular weight is 289 g/mol. The van der Waals surface area contributed by atoms with Gasteiger partial charge in [-0.15, -0.1) is 0 Å². The molecule has 0 heterocycles. The first-order chi connectivity index (χ1) is 9.88. The Hall–Kier alpha value is -3.22. The number of hydrogen-bond acceptors (Lipinski definition) is 5. The lowest BCUT2D eigenvalue weighted by molar-refractivity contribution is 0.0697. The Morgan fingerprint density at radius 2 is 1.48 bits per heavy atom. The molecule has 0 unspecified atom stereocenters. The van der Waals surface area contributed by atoms with Crippen LogP contribution in [0.1, 0.15) is 20.7 Å². The molecule has 0 radical (unpaired) electrons. The van der Waals surface area contributed by atoms with Crippen LogP contribution in [0.5, 0.6) is 17.2 Å². The quantitative estimate of drug-likeness (QED) is 0.548. The summed E-state index contributed by atoms with van der Waals surface area (Å²) in [6.07, 6.45) is 0. The van der Waals surface area contributed by atoms with E-state index in [1.165, 1.54) is 24.3 Å². The number of benzene rings is 2. The van der Waals surface area contributed by atoms with E-state index in [0.29, 0.717) is 0 Å². The maximum atomic E-state index is 12.0. The number of carbonyl (C=O) groups excluding carboxylic acids is 1. The van der Waals surface area contributed by atoms with Crippen molar-refractivity contribution in [2.75, 3.05) is 5.32 Å². The van der Waals surface area contributed by atoms with Crippen LogP contribution in [0.2, 0.25) is 0 Å². The zero-order valence-corrected chi connectivity index (χ0v) is 10.6. The van der Waals surface area contributed by atoms with Crippen molar-refractivity contribution in [3.05, 3.63) is 47.5 Å². The zero-order chi connectivity index (χ0) is 15.6. The van der Waals surface area contributed by atoms with E-state index in [4.69, 9.17) is 10.2 Å². The molecule has 0 fully saturated rings. The summed E-state index contributed by atoms with van der Waals surface area (Å²) in [5, 5.41) is 39.4. The monoisotopic (exact) mass is 289 g/mol. The van der Waals surface area contributed by atoms with Crippen LogP contribution in [0.3, 0.4) is 0 Å². The molecule has 108 valence electrons. The van der Waals surface area contributed by atoms with E-state index in [2.05, 4.69) is 5.32 Å². The van der Waals surface area contributed by atoms with Gasteiger partial charge in [-0.3, -0.25) is 4.79 Å². The number of phenolic OH excluding ortho intramolecular Hbond substituents is 3.